The maximum Gasteiger partial charge on any atom is 0.274 e. The van der Waals surface area contributed by atoms with Crippen LogP contribution in [0.25, 0.3) is 11.5 Å². The summed E-state index contributed by atoms with van der Waals surface area (Å²) in [5, 5.41) is 6.93. The highest BCUT2D eigenvalue weighted by molar-refractivity contribution is 5.93. The predicted octanol–water partition coefficient (Wildman–Crippen LogP) is 3.51. The molecule has 6 nitrogen and oxygen atoms in total. The number of amides is 1. The predicted molar refractivity (Wildman–Crippen MR) is 89.8 cm³/mol. The number of methoxy groups -OCH3 is 1. The average molecular weight is 325 g/mol. The summed E-state index contributed by atoms with van der Waals surface area (Å²) in [4.78, 5) is 14.4. The third kappa shape index (κ3) is 2.90. The molecule has 124 valence electrons. The molecule has 0 fully saturated rings. The van der Waals surface area contributed by atoms with E-state index in [0.29, 0.717) is 17.1 Å². The lowest BCUT2D eigenvalue weighted by atomic mass is 10.1. The molecule has 1 unspecified atom stereocenters. The fourth-order valence-electron chi connectivity index (χ4n) is 2.57. The molecule has 3 rings (SSSR count). The molecule has 1 amide bonds. The summed E-state index contributed by atoms with van der Waals surface area (Å²) in [7, 11) is 3.37. The Kier molecular flexibility index (Phi) is 4.37. The number of nitrogens with one attached hydrogen (secondary N) is 1. The Morgan fingerprint density at radius 2 is 2.08 bits per heavy atom. The summed E-state index contributed by atoms with van der Waals surface area (Å²) in [5.74, 6) is 1.22. The van der Waals surface area contributed by atoms with Crippen molar-refractivity contribution in [2.45, 2.75) is 13.0 Å². The van der Waals surface area contributed by atoms with Crippen molar-refractivity contribution in [3.05, 3.63) is 60.0 Å². The smallest absolute Gasteiger partial charge is 0.274 e. The second kappa shape index (κ2) is 6.62. The number of ether oxygens (including phenoxy) is 1. The van der Waals surface area contributed by atoms with Crippen LogP contribution in [0.5, 0.6) is 5.75 Å². The second-order valence-corrected chi connectivity index (χ2v) is 5.48. The number of carbonyl (C=O) groups is 1. The van der Waals surface area contributed by atoms with Gasteiger partial charge >= 0.3 is 0 Å². The van der Waals surface area contributed by atoms with Crippen molar-refractivity contribution in [3.63, 3.8) is 0 Å². The van der Waals surface area contributed by atoms with E-state index in [4.69, 9.17) is 9.15 Å². The number of benzene rings is 1. The Morgan fingerprint density at radius 1 is 1.29 bits per heavy atom. The first kappa shape index (κ1) is 15.9. The lowest BCUT2D eigenvalue weighted by molar-refractivity contribution is 0.0735. The van der Waals surface area contributed by atoms with Crippen molar-refractivity contribution in [3.8, 4) is 17.2 Å². The minimum Gasteiger partial charge on any atom is -0.496 e. The molecule has 0 bridgehead atoms. The molecule has 0 aliphatic rings. The number of aromatic amines is 1. The van der Waals surface area contributed by atoms with E-state index in [-0.39, 0.29) is 11.9 Å². The van der Waals surface area contributed by atoms with E-state index in [9.17, 15) is 4.79 Å². The number of carbonyl (C=O) groups excluding carboxylic acids is 1. The summed E-state index contributed by atoms with van der Waals surface area (Å²) >= 11 is 0. The molecule has 0 aliphatic carbocycles. The second-order valence-electron chi connectivity index (χ2n) is 5.48. The van der Waals surface area contributed by atoms with Crippen LogP contribution in [0.1, 0.15) is 29.0 Å². The zero-order valence-corrected chi connectivity index (χ0v) is 13.8. The van der Waals surface area contributed by atoms with Crippen molar-refractivity contribution in [2.75, 3.05) is 14.2 Å². The summed E-state index contributed by atoms with van der Waals surface area (Å²) in [6, 6.07) is 12.8. The van der Waals surface area contributed by atoms with Crippen LogP contribution in [0.2, 0.25) is 0 Å². The molecule has 3 aromatic rings. The molecule has 0 saturated heterocycles. The Morgan fingerprint density at radius 3 is 2.79 bits per heavy atom. The third-order valence-electron chi connectivity index (χ3n) is 4.07. The maximum absolute atomic E-state index is 12.7. The van der Waals surface area contributed by atoms with Gasteiger partial charge in [0.25, 0.3) is 5.91 Å². The summed E-state index contributed by atoms with van der Waals surface area (Å²) in [6.07, 6.45) is 1.58. The van der Waals surface area contributed by atoms with Gasteiger partial charge < -0.3 is 14.1 Å². The third-order valence-corrected chi connectivity index (χ3v) is 4.07. The molecule has 0 saturated carbocycles. The number of furan rings is 1. The number of para-hydroxylation sites is 1. The van der Waals surface area contributed by atoms with E-state index < -0.39 is 0 Å². The van der Waals surface area contributed by atoms with Crippen LogP contribution in [0.4, 0.5) is 0 Å². The van der Waals surface area contributed by atoms with E-state index in [0.717, 1.165) is 11.3 Å². The van der Waals surface area contributed by atoms with Crippen molar-refractivity contribution >= 4 is 5.91 Å². The van der Waals surface area contributed by atoms with E-state index in [2.05, 4.69) is 10.2 Å². The number of nitrogens with zero attached hydrogens (tertiary/aromatic N) is 2. The first-order chi connectivity index (χ1) is 11.6. The SMILES string of the molecule is COc1ccccc1C(C)N(C)C(=O)c1cc(-c2ccco2)[nH]n1. The van der Waals surface area contributed by atoms with E-state index in [1.54, 1.807) is 37.5 Å². The fraction of sp³-hybridized carbons (Fsp3) is 0.222. The summed E-state index contributed by atoms with van der Waals surface area (Å²) < 4.78 is 10.7. The first-order valence-electron chi connectivity index (χ1n) is 7.61. The average Bonchev–Trinajstić information content (AvgIpc) is 3.30. The van der Waals surface area contributed by atoms with Crippen LogP contribution >= 0.6 is 0 Å². The molecule has 0 aliphatic heterocycles. The Balaban J connectivity index is 1.82. The summed E-state index contributed by atoms with van der Waals surface area (Å²) in [6.45, 7) is 1.95. The van der Waals surface area contributed by atoms with Gasteiger partial charge in [-0.15, -0.1) is 0 Å². The lowest BCUT2D eigenvalue weighted by Gasteiger charge is -2.25. The number of hydrogen-bond acceptors (Lipinski definition) is 4. The normalized spacial score (nSPS) is 12.0. The van der Waals surface area contributed by atoms with Crippen molar-refractivity contribution < 1.29 is 13.9 Å². The topological polar surface area (TPSA) is 71.4 Å². The molecule has 6 heteroatoms. The van der Waals surface area contributed by atoms with Gasteiger partial charge in [0.1, 0.15) is 11.4 Å². The van der Waals surface area contributed by atoms with Crippen LogP contribution in [0, 0.1) is 0 Å². The van der Waals surface area contributed by atoms with Gasteiger partial charge in [-0.25, -0.2) is 0 Å². The van der Waals surface area contributed by atoms with E-state index in [1.807, 2.05) is 37.3 Å². The molecule has 0 radical (unpaired) electrons. The highest BCUT2D eigenvalue weighted by Gasteiger charge is 2.23. The molecule has 2 aromatic heterocycles. The van der Waals surface area contributed by atoms with Crippen molar-refractivity contribution in [1.29, 1.82) is 0 Å². The quantitative estimate of drug-likeness (QED) is 0.779. The number of H-pyrrole nitrogens is 1. The molecular formula is C18H19N3O3. The van der Waals surface area contributed by atoms with Crippen molar-refractivity contribution in [1.82, 2.24) is 15.1 Å². The van der Waals surface area contributed by atoms with Gasteiger partial charge in [0.05, 0.1) is 19.4 Å². The van der Waals surface area contributed by atoms with Crippen LogP contribution in [0.3, 0.4) is 0 Å². The zero-order chi connectivity index (χ0) is 17.1. The van der Waals surface area contributed by atoms with Gasteiger partial charge in [-0.3, -0.25) is 9.89 Å². The van der Waals surface area contributed by atoms with Gasteiger partial charge in [-0.2, -0.15) is 5.10 Å². The number of hydrogen-bond donors (Lipinski definition) is 1. The van der Waals surface area contributed by atoms with Crippen LogP contribution in [-0.2, 0) is 0 Å². The van der Waals surface area contributed by atoms with Gasteiger partial charge in [0, 0.05) is 18.7 Å². The molecule has 24 heavy (non-hydrogen) atoms. The van der Waals surface area contributed by atoms with Gasteiger partial charge in [0.15, 0.2) is 11.5 Å². The monoisotopic (exact) mass is 325 g/mol. The maximum atomic E-state index is 12.7. The zero-order valence-electron chi connectivity index (χ0n) is 13.8. The molecule has 1 atom stereocenters. The Bertz CT molecular complexity index is 824. The summed E-state index contributed by atoms with van der Waals surface area (Å²) in [5.41, 5.74) is 1.95. The Hall–Kier alpha value is -3.02. The van der Waals surface area contributed by atoms with E-state index >= 15 is 0 Å². The largest absolute Gasteiger partial charge is 0.496 e. The lowest BCUT2D eigenvalue weighted by Crippen LogP contribution is -2.30. The van der Waals surface area contributed by atoms with Crippen LogP contribution in [0.15, 0.2) is 53.1 Å². The van der Waals surface area contributed by atoms with Gasteiger partial charge in [-0.1, -0.05) is 18.2 Å². The van der Waals surface area contributed by atoms with Crippen LogP contribution in [-0.4, -0.2) is 35.2 Å². The number of aromatic nitrogens is 2. The number of rotatable bonds is 5. The standard InChI is InChI=1S/C18H19N3O3/c1-12(13-7-4-5-8-16(13)23-3)21(2)18(22)15-11-14(19-20-15)17-9-6-10-24-17/h4-12H,1-3H3,(H,19,20). The highest BCUT2D eigenvalue weighted by atomic mass is 16.5. The Labute approximate surface area is 140 Å². The molecule has 0 spiro atoms. The molecular weight excluding hydrogens is 306 g/mol. The molecule has 2 heterocycles. The van der Waals surface area contributed by atoms with E-state index in [1.165, 1.54) is 0 Å². The minimum absolute atomic E-state index is 0.155. The van der Waals surface area contributed by atoms with Crippen molar-refractivity contribution in [2.24, 2.45) is 0 Å². The highest BCUT2D eigenvalue weighted by Crippen LogP contribution is 2.29. The van der Waals surface area contributed by atoms with Crippen LogP contribution < -0.4 is 4.74 Å². The first-order valence-corrected chi connectivity index (χ1v) is 7.61. The minimum atomic E-state index is -0.178. The van der Waals surface area contributed by atoms with Gasteiger partial charge in [-0.05, 0) is 25.1 Å². The fourth-order valence-corrected chi connectivity index (χ4v) is 2.57. The molecule has 1 N–H and O–H groups in total. The van der Waals surface area contributed by atoms with Gasteiger partial charge in [0.2, 0.25) is 0 Å². The molecule has 1 aromatic carbocycles.